The van der Waals surface area contributed by atoms with Crippen LogP contribution in [0.1, 0.15) is 12.0 Å². The Hall–Kier alpha value is -2.13. The average Bonchev–Trinajstić information content (AvgIpc) is 2.39. The van der Waals surface area contributed by atoms with E-state index in [9.17, 15) is 9.18 Å². The van der Waals surface area contributed by atoms with Crippen LogP contribution in [0.25, 0.3) is 0 Å². The first-order valence-electron chi connectivity index (χ1n) is 5.87. The van der Waals surface area contributed by atoms with Crippen molar-refractivity contribution in [1.82, 2.24) is 10.6 Å². The van der Waals surface area contributed by atoms with Gasteiger partial charge in [-0.05, 0) is 13.1 Å². The Bertz CT molecular complexity index is 471. The van der Waals surface area contributed by atoms with Gasteiger partial charge >= 0.3 is 0 Å². The molecular weight excluding hydrogens is 249 g/mol. The second-order valence-corrected chi connectivity index (χ2v) is 3.81. The number of nitrogens with zero attached hydrogens (tertiary/aromatic N) is 1. The fourth-order valence-corrected chi connectivity index (χ4v) is 1.49. The lowest BCUT2D eigenvalue weighted by atomic mass is 10.2. The highest BCUT2D eigenvalue weighted by Gasteiger charge is 2.11. The third kappa shape index (κ3) is 4.94. The van der Waals surface area contributed by atoms with Crippen molar-refractivity contribution in [3.8, 4) is 11.8 Å². The molecule has 0 unspecified atom stereocenters. The maximum absolute atomic E-state index is 13.6. The van der Waals surface area contributed by atoms with Gasteiger partial charge in [-0.25, -0.2) is 4.39 Å². The molecule has 2 N–H and O–H groups in total. The second kappa shape index (κ2) is 8.06. The summed E-state index contributed by atoms with van der Waals surface area (Å²) in [6.07, 6.45) is 0.233. The zero-order valence-electron chi connectivity index (χ0n) is 10.7. The van der Waals surface area contributed by atoms with Crippen LogP contribution in [0.3, 0.4) is 0 Å². The first kappa shape index (κ1) is 14.9. The van der Waals surface area contributed by atoms with E-state index in [4.69, 9.17) is 10.00 Å². The van der Waals surface area contributed by atoms with Gasteiger partial charge in [0.15, 0.2) is 18.2 Å². The summed E-state index contributed by atoms with van der Waals surface area (Å²) in [5, 5.41) is 13.7. The second-order valence-electron chi connectivity index (χ2n) is 3.81. The Morgan fingerprint density at radius 3 is 3.00 bits per heavy atom. The molecule has 0 heterocycles. The van der Waals surface area contributed by atoms with E-state index < -0.39 is 5.82 Å². The predicted molar refractivity (Wildman–Crippen MR) is 67.9 cm³/mol. The van der Waals surface area contributed by atoms with Crippen molar-refractivity contribution < 1.29 is 13.9 Å². The molecule has 0 saturated heterocycles. The number of carbonyl (C=O) groups excluding carboxylic acids is 1. The van der Waals surface area contributed by atoms with E-state index in [0.29, 0.717) is 12.1 Å². The summed E-state index contributed by atoms with van der Waals surface area (Å²) in [5.41, 5.74) is 0.646. The Labute approximate surface area is 111 Å². The van der Waals surface area contributed by atoms with E-state index >= 15 is 0 Å². The Balaban J connectivity index is 2.57. The SMILES string of the molecule is CNCc1cccc(F)c1OCC(=O)NCCC#N. The first-order chi connectivity index (χ1) is 9.19. The molecule has 0 fully saturated rings. The third-order valence-electron chi connectivity index (χ3n) is 2.32. The largest absolute Gasteiger partial charge is 0.480 e. The van der Waals surface area contributed by atoms with Gasteiger partial charge < -0.3 is 15.4 Å². The number of nitrogens with one attached hydrogen (secondary N) is 2. The van der Waals surface area contributed by atoms with Crippen LogP contribution >= 0.6 is 0 Å². The minimum absolute atomic E-state index is 0.0762. The number of halogens is 1. The molecule has 1 rings (SSSR count). The van der Waals surface area contributed by atoms with Crippen molar-refractivity contribution in [2.45, 2.75) is 13.0 Å². The number of hydrogen-bond acceptors (Lipinski definition) is 4. The van der Waals surface area contributed by atoms with Crippen LogP contribution in [0.4, 0.5) is 4.39 Å². The molecule has 0 aliphatic heterocycles. The molecular formula is C13H16FN3O2. The average molecular weight is 265 g/mol. The van der Waals surface area contributed by atoms with Gasteiger partial charge in [0.2, 0.25) is 0 Å². The van der Waals surface area contributed by atoms with Gasteiger partial charge in [-0.15, -0.1) is 0 Å². The van der Waals surface area contributed by atoms with Crippen LogP contribution in [0.2, 0.25) is 0 Å². The number of para-hydroxylation sites is 1. The number of hydrogen-bond donors (Lipinski definition) is 2. The molecule has 0 radical (unpaired) electrons. The van der Waals surface area contributed by atoms with E-state index in [2.05, 4.69) is 10.6 Å². The Kier molecular flexibility index (Phi) is 6.33. The van der Waals surface area contributed by atoms with E-state index in [1.165, 1.54) is 6.07 Å². The highest BCUT2D eigenvalue weighted by atomic mass is 19.1. The molecule has 102 valence electrons. The van der Waals surface area contributed by atoms with Gasteiger partial charge in [0, 0.05) is 18.7 Å². The van der Waals surface area contributed by atoms with E-state index in [1.807, 2.05) is 6.07 Å². The molecule has 0 aliphatic rings. The van der Waals surface area contributed by atoms with Crippen molar-refractivity contribution >= 4 is 5.91 Å². The molecule has 0 bridgehead atoms. The van der Waals surface area contributed by atoms with Crippen LogP contribution < -0.4 is 15.4 Å². The van der Waals surface area contributed by atoms with Crippen molar-refractivity contribution in [1.29, 1.82) is 5.26 Å². The molecule has 0 spiro atoms. The quantitative estimate of drug-likeness (QED) is 0.720. The molecule has 1 aromatic carbocycles. The normalized spacial score (nSPS) is 9.74. The van der Waals surface area contributed by atoms with Crippen LogP contribution in [0.15, 0.2) is 18.2 Å². The molecule has 0 aromatic heterocycles. The Morgan fingerprint density at radius 1 is 1.53 bits per heavy atom. The summed E-state index contributed by atoms with van der Waals surface area (Å²) in [7, 11) is 1.74. The van der Waals surface area contributed by atoms with Crippen molar-refractivity contribution in [2.24, 2.45) is 0 Å². The van der Waals surface area contributed by atoms with Crippen molar-refractivity contribution in [3.63, 3.8) is 0 Å². The fourth-order valence-electron chi connectivity index (χ4n) is 1.49. The molecule has 1 aromatic rings. The number of nitriles is 1. The maximum atomic E-state index is 13.6. The lowest BCUT2D eigenvalue weighted by Crippen LogP contribution is -2.29. The monoisotopic (exact) mass is 265 g/mol. The van der Waals surface area contributed by atoms with Crippen LogP contribution in [0, 0.1) is 17.1 Å². The number of ether oxygens (including phenoxy) is 1. The van der Waals surface area contributed by atoms with Gasteiger partial charge in [-0.2, -0.15) is 5.26 Å². The number of amides is 1. The summed E-state index contributed by atoms with van der Waals surface area (Å²) in [4.78, 5) is 11.4. The summed E-state index contributed by atoms with van der Waals surface area (Å²) in [5.74, 6) is -0.807. The van der Waals surface area contributed by atoms with E-state index in [-0.39, 0.29) is 31.2 Å². The van der Waals surface area contributed by atoms with E-state index in [0.717, 1.165) is 0 Å². The van der Waals surface area contributed by atoms with Crippen molar-refractivity contribution in [3.05, 3.63) is 29.6 Å². The lowest BCUT2D eigenvalue weighted by molar-refractivity contribution is -0.123. The van der Waals surface area contributed by atoms with Gasteiger partial charge in [0.1, 0.15) is 0 Å². The highest BCUT2D eigenvalue weighted by Crippen LogP contribution is 2.22. The zero-order chi connectivity index (χ0) is 14.1. The molecule has 19 heavy (non-hydrogen) atoms. The summed E-state index contributed by atoms with van der Waals surface area (Å²) in [6, 6.07) is 6.50. The molecule has 6 heteroatoms. The van der Waals surface area contributed by atoms with Crippen LogP contribution in [-0.2, 0) is 11.3 Å². The minimum Gasteiger partial charge on any atom is -0.480 e. The predicted octanol–water partition coefficient (Wildman–Crippen LogP) is 0.954. The number of rotatable bonds is 7. The van der Waals surface area contributed by atoms with Crippen molar-refractivity contribution in [2.75, 3.05) is 20.2 Å². The highest BCUT2D eigenvalue weighted by molar-refractivity contribution is 5.77. The molecule has 1 amide bonds. The molecule has 0 saturated carbocycles. The maximum Gasteiger partial charge on any atom is 0.257 e. The van der Waals surface area contributed by atoms with Crippen LogP contribution in [-0.4, -0.2) is 26.1 Å². The zero-order valence-corrected chi connectivity index (χ0v) is 10.7. The third-order valence-corrected chi connectivity index (χ3v) is 2.32. The summed E-state index contributed by atoms with van der Waals surface area (Å²) in [6.45, 7) is 0.436. The first-order valence-corrected chi connectivity index (χ1v) is 5.87. The van der Waals surface area contributed by atoms with Gasteiger partial charge in [0.25, 0.3) is 5.91 Å². The summed E-state index contributed by atoms with van der Waals surface area (Å²) >= 11 is 0. The van der Waals surface area contributed by atoms with Gasteiger partial charge in [0.05, 0.1) is 12.5 Å². The fraction of sp³-hybridized carbons (Fsp3) is 0.385. The molecule has 5 nitrogen and oxygen atoms in total. The lowest BCUT2D eigenvalue weighted by Gasteiger charge is -2.12. The van der Waals surface area contributed by atoms with Crippen LogP contribution in [0.5, 0.6) is 5.75 Å². The standard InChI is InChI=1S/C13H16FN3O2/c1-16-8-10-4-2-5-11(14)13(10)19-9-12(18)17-7-3-6-15/h2,4-5,16H,3,7-9H2,1H3,(H,17,18). The van der Waals surface area contributed by atoms with Gasteiger partial charge in [-0.1, -0.05) is 12.1 Å². The summed E-state index contributed by atoms with van der Waals surface area (Å²) < 4.78 is 18.8. The molecule has 0 atom stereocenters. The number of carbonyl (C=O) groups is 1. The Morgan fingerprint density at radius 2 is 2.32 bits per heavy atom. The topological polar surface area (TPSA) is 74.2 Å². The smallest absolute Gasteiger partial charge is 0.257 e. The minimum atomic E-state index is -0.502. The van der Waals surface area contributed by atoms with E-state index in [1.54, 1.807) is 19.2 Å². The van der Waals surface area contributed by atoms with Gasteiger partial charge in [-0.3, -0.25) is 4.79 Å². The molecule has 0 aliphatic carbocycles. The number of benzene rings is 1.